The predicted molar refractivity (Wildman–Crippen MR) is 199 cm³/mol. The summed E-state index contributed by atoms with van der Waals surface area (Å²) in [6.45, 7) is -2.26. The maximum Gasteiger partial charge on any atom is 0.323 e. The van der Waals surface area contributed by atoms with Crippen molar-refractivity contribution in [3.05, 3.63) is 0 Å². The van der Waals surface area contributed by atoms with E-state index in [1.165, 1.54) is 75.4 Å². The lowest BCUT2D eigenvalue weighted by atomic mass is 10.3. The largest absolute Gasteiger partial charge is 0.480 e. The minimum atomic E-state index is -1.22. The standard InChI is InChI=1S/C34H58N10O12/c1-12-13-24(45)35(2)14-25(46)36(3)15-26(47)37(4)16-27(48)38(5)17-28(49)39(6)18-29(50)40(7)19-30(51)41(8)20-31(52)42(9)21-32(53)43(10)22-33(54)44(11)23-34(55)56/h12-23H2,1-11H3,(H,55,56). The molecule has 0 fully saturated rings. The van der Waals surface area contributed by atoms with Crippen LogP contribution in [-0.4, -0.2) is 255 Å². The van der Waals surface area contributed by atoms with Gasteiger partial charge >= 0.3 is 5.97 Å². The molecule has 0 radical (unpaired) electrons. The average molecular weight is 799 g/mol. The number of aliphatic carboxylic acids is 1. The zero-order valence-corrected chi connectivity index (χ0v) is 34.4. The van der Waals surface area contributed by atoms with Crippen LogP contribution in [0.5, 0.6) is 0 Å². The van der Waals surface area contributed by atoms with Gasteiger partial charge in [0, 0.05) is 76.9 Å². The molecule has 56 heavy (non-hydrogen) atoms. The number of likely N-dealkylation sites (N-methyl/N-ethyl adjacent to an activating group) is 10. The summed E-state index contributed by atoms with van der Waals surface area (Å²) in [7, 11) is 13.5. The first-order chi connectivity index (χ1) is 25.8. The smallest absolute Gasteiger partial charge is 0.323 e. The second kappa shape index (κ2) is 23.8. The quantitative estimate of drug-likeness (QED) is 0.109. The van der Waals surface area contributed by atoms with Crippen molar-refractivity contribution in [3.8, 4) is 0 Å². The molecule has 22 heteroatoms. The Morgan fingerprint density at radius 2 is 0.429 bits per heavy atom. The van der Waals surface area contributed by atoms with Gasteiger partial charge in [0.15, 0.2) is 0 Å². The molecule has 0 aliphatic heterocycles. The van der Waals surface area contributed by atoms with Gasteiger partial charge in [0.2, 0.25) is 59.1 Å². The summed E-state index contributed by atoms with van der Waals surface area (Å²) in [4.78, 5) is 147. The van der Waals surface area contributed by atoms with Gasteiger partial charge in [-0.05, 0) is 6.42 Å². The number of carboxylic acid groups (broad SMARTS) is 1. The highest BCUT2D eigenvalue weighted by molar-refractivity contribution is 5.93. The molecular formula is C34H58N10O12. The van der Waals surface area contributed by atoms with Crippen molar-refractivity contribution in [2.75, 3.05) is 136 Å². The number of carbonyl (C=O) groups is 11. The fraction of sp³-hybridized carbons (Fsp3) is 0.676. The molecule has 0 aliphatic carbocycles. The molecule has 0 aromatic carbocycles. The summed E-state index contributed by atoms with van der Waals surface area (Å²) in [5.41, 5.74) is 0. The summed E-state index contributed by atoms with van der Waals surface area (Å²) >= 11 is 0. The fourth-order valence-corrected chi connectivity index (χ4v) is 4.40. The Morgan fingerprint density at radius 1 is 0.286 bits per heavy atom. The Balaban J connectivity index is 4.88. The molecule has 0 aromatic heterocycles. The predicted octanol–water partition coefficient (Wildman–Crippen LogP) is -4.54. The zero-order chi connectivity index (χ0) is 43.6. The first-order valence-corrected chi connectivity index (χ1v) is 17.4. The van der Waals surface area contributed by atoms with Crippen LogP contribution < -0.4 is 0 Å². The first kappa shape index (κ1) is 50.2. The van der Waals surface area contributed by atoms with Crippen LogP contribution in [0.4, 0.5) is 0 Å². The fourth-order valence-electron chi connectivity index (χ4n) is 4.40. The number of amides is 10. The lowest BCUT2D eigenvalue weighted by Crippen LogP contribution is -2.49. The van der Waals surface area contributed by atoms with Crippen LogP contribution in [0.1, 0.15) is 19.8 Å². The van der Waals surface area contributed by atoms with Gasteiger partial charge in [-0.15, -0.1) is 0 Å². The van der Waals surface area contributed by atoms with Gasteiger partial charge in [0.05, 0.1) is 58.9 Å². The van der Waals surface area contributed by atoms with Crippen molar-refractivity contribution in [1.29, 1.82) is 0 Å². The number of carbonyl (C=O) groups excluding carboxylic acids is 10. The third-order valence-corrected chi connectivity index (χ3v) is 8.45. The molecule has 0 aromatic rings. The van der Waals surface area contributed by atoms with E-state index in [2.05, 4.69) is 0 Å². The van der Waals surface area contributed by atoms with E-state index in [0.717, 1.165) is 44.1 Å². The Labute approximate surface area is 327 Å². The Kier molecular flexibility index (Phi) is 21.4. The molecule has 22 nitrogen and oxygen atoms in total. The molecule has 10 amide bonds. The summed E-state index contributed by atoms with van der Waals surface area (Å²) in [5.74, 6) is -6.72. The Morgan fingerprint density at radius 3 is 0.571 bits per heavy atom. The second-order valence-corrected chi connectivity index (χ2v) is 13.6. The zero-order valence-electron chi connectivity index (χ0n) is 34.4. The molecule has 0 aliphatic rings. The van der Waals surface area contributed by atoms with Crippen molar-refractivity contribution in [2.45, 2.75) is 19.8 Å². The monoisotopic (exact) mass is 798 g/mol. The lowest BCUT2D eigenvalue weighted by Gasteiger charge is -2.27. The number of hydrogen-bond acceptors (Lipinski definition) is 11. The molecule has 316 valence electrons. The third-order valence-electron chi connectivity index (χ3n) is 8.45. The van der Waals surface area contributed by atoms with E-state index in [0.29, 0.717) is 12.8 Å². The van der Waals surface area contributed by atoms with Gasteiger partial charge in [-0.25, -0.2) is 0 Å². The average Bonchev–Trinajstić information content (AvgIpc) is 3.10. The summed E-state index contributed by atoms with van der Waals surface area (Å²) in [6.07, 6.45) is 0.920. The highest BCUT2D eigenvalue weighted by atomic mass is 16.4. The van der Waals surface area contributed by atoms with E-state index < -0.39 is 111 Å². The SMILES string of the molecule is CCCC(=O)N(C)CC(=O)N(C)CC(=O)N(C)CC(=O)N(C)CC(=O)N(C)CC(=O)N(C)CC(=O)N(C)CC(=O)N(C)CC(=O)N(C)CC(=O)N(C)CC(=O)O. The highest BCUT2D eigenvalue weighted by Gasteiger charge is 2.26. The normalized spacial score (nSPS) is 10.3. The minimum absolute atomic E-state index is 0.199. The Bertz CT molecular complexity index is 1490. The van der Waals surface area contributed by atoms with Crippen molar-refractivity contribution in [1.82, 2.24) is 49.0 Å². The molecule has 0 bridgehead atoms. The minimum Gasteiger partial charge on any atom is -0.480 e. The van der Waals surface area contributed by atoms with Crippen LogP contribution >= 0.6 is 0 Å². The molecule has 0 saturated heterocycles. The van der Waals surface area contributed by atoms with Crippen LogP contribution in [0.2, 0.25) is 0 Å². The highest BCUT2D eigenvalue weighted by Crippen LogP contribution is 2.01. The maximum atomic E-state index is 12.8. The van der Waals surface area contributed by atoms with Gasteiger partial charge in [-0.3, -0.25) is 52.7 Å². The number of rotatable bonds is 22. The van der Waals surface area contributed by atoms with Gasteiger partial charge < -0.3 is 54.1 Å². The van der Waals surface area contributed by atoms with Crippen molar-refractivity contribution in [3.63, 3.8) is 0 Å². The molecule has 0 unspecified atom stereocenters. The van der Waals surface area contributed by atoms with Gasteiger partial charge in [-0.1, -0.05) is 6.92 Å². The molecule has 0 spiro atoms. The summed E-state index contributed by atoms with van der Waals surface area (Å²) in [5, 5.41) is 8.81. The summed E-state index contributed by atoms with van der Waals surface area (Å²) in [6, 6.07) is 0. The van der Waals surface area contributed by atoms with E-state index in [1.807, 2.05) is 6.92 Å². The third kappa shape index (κ3) is 18.0. The van der Waals surface area contributed by atoms with Crippen LogP contribution in [0.15, 0.2) is 0 Å². The van der Waals surface area contributed by atoms with E-state index in [-0.39, 0.29) is 19.0 Å². The molecule has 0 rings (SSSR count). The van der Waals surface area contributed by atoms with Crippen LogP contribution in [-0.2, 0) is 52.7 Å². The van der Waals surface area contributed by atoms with Crippen LogP contribution in [0.3, 0.4) is 0 Å². The topological polar surface area (TPSA) is 240 Å². The van der Waals surface area contributed by atoms with Gasteiger partial charge in [-0.2, -0.15) is 0 Å². The van der Waals surface area contributed by atoms with E-state index in [4.69, 9.17) is 5.11 Å². The van der Waals surface area contributed by atoms with Gasteiger partial charge in [0.1, 0.15) is 6.54 Å². The molecule has 0 atom stereocenters. The molecular weight excluding hydrogens is 740 g/mol. The Hall–Kier alpha value is -5.83. The number of hydrogen-bond donors (Lipinski definition) is 1. The van der Waals surface area contributed by atoms with Gasteiger partial charge in [0.25, 0.3) is 0 Å². The number of carboxylic acids is 1. The van der Waals surface area contributed by atoms with Crippen LogP contribution in [0.25, 0.3) is 0 Å². The lowest BCUT2D eigenvalue weighted by molar-refractivity contribution is -0.147. The maximum absolute atomic E-state index is 12.8. The van der Waals surface area contributed by atoms with E-state index >= 15 is 0 Å². The van der Waals surface area contributed by atoms with Crippen molar-refractivity contribution in [2.24, 2.45) is 0 Å². The van der Waals surface area contributed by atoms with E-state index in [9.17, 15) is 52.7 Å². The molecule has 1 N–H and O–H groups in total. The first-order valence-electron chi connectivity index (χ1n) is 17.4. The molecule has 0 saturated carbocycles. The van der Waals surface area contributed by atoms with E-state index in [1.54, 1.807) is 0 Å². The van der Waals surface area contributed by atoms with Crippen molar-refractivity contribution < 1.29 is 57.8 Å². The second-order valence-electron chi connectivity index (χ2n) is 13.6. The van der Waals surface area contributed by atoms with Crippen molar-refractivity contribution >= 4 is 65.0 Å². The summed E-state index contributed by atoms with van der Waals surface area (Å²) < 4.78 is 0. The molecule has 0 heterocycles. The number of nitrogens with zero attached hydrogens (tertiary/aromatic N) is 10. The van der Waals surface area contributed by atoms with Crippen LogP contribution in [0, 0.1) is 0 Å².